The number of rotatable bonds is 3. The highest BCUT2D eigenvalue weighted by Gasteiger charge is 2.25. The van der Waals surface area contributed by atoms with E-state index in [1.807, 2.05) is 36.4 Å². The van der Waals surface area contributed by atoms with Crippen LogP contribution in [0.15, 0.2) is 85.3 Å². The van der Waals surface area contributed by atoms with Crippen molar-refractivity contribution in [1.29, 1.82) is 0 Å². The van der Waals surface area contributed by atoms with Crippen LogP contribution in [0.2, 0.25) is 5.02 Å². The van der Waals surface area contributed by atoms with Crippen LogP contribution in [-0.2, 0) is 4.79 Å². The van der Waals surface area contributed by atoms with Crippen LogP contribution in [0.4, 0.5) is 10.1 Å². The van der Waals surface area contributed by atoms with E-state index in [4.69, 9.17) is 11.6 Å². The molecular formula is C30H24ClFN6O2. The third-order valence-corrected chi connectivity index (χ3v) is 7.40. The van der Waals surface area contributed by atoms with E-state index in [0.717, 1.165) is 22.3 Å². The Labute approximate surface area is 234 Å². The Hall–Kier alpha value is -4.63. The van der Waals surface area contributed by atoms with Gasteiger partial charge in [0.05, 0.1) is 11.6 Å². The molecule has 6 rings (SSSR count). The van der Waals surface area contributed by atoms with E-state index >= 15 is 0 Å². The molecule has 1 amide bonds. The fourth-order valence-corrected chi connectivity index (χ4v) is 5.42. The Kier molecular flexibility index (Phi) is 6.96. The van der Waals surface area contributed by atoms with Crippen LogP contribution in [0.25, 0.3) is 27.9 Å². The zero-order valence-electron chi connectivity index (χ0n) is 21.3. The molecule has 1 aliphatic rings. The summed E-state index contributed by atoms with van der Waals surface area (Å²) < 4.78 is 16.7. The van der Waals surface area contributed by atoms with Crippen LogP contribution < -0.4 is 10.0 Å². The summed E-state index contributed by atoms with van der Waals surface area (Å²) in [7, 11) is 0. The van der Waals surface area contributed by atoms with Crippen molar-refractivity contribution in [2.45, 2.75) is 31.6 Å². The van der Waals surface area contributed by atoms with Crippen molar-refractivity contribution in [3.05, 3.63) is 113 Å². The number of carbonyl (C=O) groups excluding carboxylic acids is 1. The lowest BCUT2D eigenvalue weighted by atomic mass is 9.87. The van der Waals surface area contributed by atoms with Crippen molar-refractivity contribution < 1.29 is 13.9 Å². The Morgan fingerprint density at radius 1 is 1.00 bits per heavy atom. The number of aromatic nitrogens is 5. The molecule has 0 radical (unpaired) electrons. The first-order chi connectivity index (χ1) is 19.5. The van der Waals surface area contributed by atoms with Gasteiger partial charge in [-0.1, -0.05) is 42.3 Å². The van der Waals surface area contributed by atoms with E-state index in [0.29, 0.717) is 58.0 Å². The number of benzene rings is 3. The molecule has 200 valence electrons. The van der Waals surface area contributed by atoms with Gasteiger partial charge in [0, 0.05) is 39.9 Å². The lowest BCUT2D eigenvalue weighted by Gasteiger charge is -2.20. The highest BCUT2D eigenvalue weighted by atomic mass is 35.5. The third-order valence-electron chi connectivity index (χ3n) is 7.17. The van der Waals surface area contributed by atoms with Crippen molar-refractivity contribution in [2.75, 3.05) is 5.32 Å². The second-order valence-corrected chi connectivity index (χ2v) is 10.2. The number of anilines is 1. The molecule has 0 fully saturated rings. The fraction of sp³-hybridized carbons (Fsp3) is 0.167. The fourth-order valence-electron chi connectivity index (χ4n) is 5.25. The lowest BCUT2D eigenvalue weighted by Crippen LogP contribution is -2.33. The largest absolute Gasteiger partial charge is 0.618 e. The quantitative estimate of drug-likeness (QED) is 0.216. The van der Waals surface area contributed by atoms with Gasteiger partial charge in [-0.05, 0) is 76.9 Å². The molecule has 3 heterocycles. The van der Waals surface area contributed by atoms with E-state index in [1.165, 1.54) is 29.3 Å². The van der Waals surface area contributed by atoms with Gasteiger partial charge in [0.25, 0.3) is 0 Å². The molecule has 0 saturated heterocycles. The number of amides is 1. The van der Waals surface area contributed by atoms with E-state index in [1.54, 1.807) is 24.3 Å². The lowest BCUT2D eigenvalue weighted by molar-refractivity contribution is -0.614. The van der Waals surface area contributed by atoms with Crippen LogP contribution in [0.1, 0.15) is 42.9 Å². The van der Waals surface area contributed by atoms with E-state index in [2.05, 4.69) is 20.8 Å². The Bertz CT molecular complexity index is 1710. The molecule has 10 heteroatoms. The van der Waals surface area contributed by atoms with Gasteiger partial charge in [-0.3, -0.25) is 4.79 Å². The van der Waals surface area contributed by atoms with E-state index in [9.17, 15) is 14.4 Å². The summed E-state index contributed by atoms with van der Waals surface area (Å²) in [6, 6.07) is 21.1. The number of tetrazole rings is 1. The number of carbonyl (C=O) groups is 1. The number of hydrogen-bond donors (Lipinski definition) is 1. The Morgan fingerprint density at radius 2 is 1.90 bits per heavy atom. The summed E-state index contributed by atoms with van der Waals surface area (Å²) in [6.45, 7) is 0. The zero-order valence-corrected chi connectivity index (χ0v) is 22.1. The maximum atomic E-state index is 14.2. The molecule has 3 aromatic carbocycles. The average Bonchev–Trinajstić information content (AvgIpc) is 3.49. The van der Waals surface area contributed by atoms with Gasteiger partial charge >= 0.3 is 0 Å². The maximum Gasteiger partial charge on any atom is 0.224 e. The first kappa shape index (κ1) is 25.6. The topological polar surface area (TPSA) is 99.6 Å². The molecule has 2 bridgehead atoms. The standard InChI is InChI=1S/C30H24ClFN6O2/c31-22-9-13-28(37-18-33-35-36-37)26(15-22)21-8-12-29(38(40)17-21)24-6-1-2-7-30(39)34-27-11-10-23(32)16-25(27)20-5-3-4-19(24)14-20/h3-5,8-18,24H,1-2,6-7H2,(H,34,39)/t24-/m1/s1. The van der Waals surface area contributed by atoms with Gasteiger partial charge in [0.1, 0.15) is 12.1 Å². The Balaban J connectivity index is 1.43. The minimum atomic E-state index is -0.392. The van der Waals surface area contributed by atoms with Crippen LogP contribution >= 0.6 is 11.6 Å². The van der Waals surface area contributed by atoms with Gasteiger partial charge in [0.15, 0.2) is 11.9 Å². The van der Waals surface area contributed by atoms with Crippen molar-refractivity contribution in [3.8, 4) is 27.9 Å². The van der Waals surface area contributed by atoms with Crippen molar-refractivity contribution in [1.82, 2.24) is 20.2 Å². The molecule has 1 aliphatic heterocycles. The van der Waals surface area contributed by atoms with Crippen molar-refractivity contribution in [3.63, 3.8) is 0 Å². The molecule has 0 saturated carbocycles. The van der Waals surface area contributed by atoms with Crippen molar-refractivity contribution in [2.24, 2.45) is 0 Å². The molecule has 0 aliphatic carbocycles. The summed E-state index contributed by atoms with van der Waals surface area (Å²) in [4.78, 5) is 12.6. The minimum Gasteiger partial charge on any atom is -0.618 e. The number of nitrogens with zero attached hydrogens (tertiary/aromatic N) is 5. The first-order valence-electron chi connectivity index (χ1n) is 12.9. The van der Waals surface area contributed by atoms with E-state index in [-0.39, 0.29) is 11.8 Å². The number of nitrogens with one attached hydrogen (secondary N) is 1. The first-order valence-corrected chi connectivity index (χ1v) is 13.3. The summed E-state index contributed by atoms with van der Waals surface area (Å²) in [5.74, 6) is -0.745. The maximum absolute atomic E-state index is 14.2. The minimum absolute atomic E-state index is 0.121. The SMILES string of the molecule is O=C1CCCC[C@@H](c2ccc(-c3cc(Cl)ccc3-n3cnnn3)c[n+]2[O-])c2cccc(c2)-c2cc(F)ccc2N1. The molecule has 40 heavy (non-hydrogen) atoms. The van der Waals surface area contributed by atoms with Crippen LogP contribution in [0.3, 0.4) is 0 Å². The molecule has 5 aromatic rings. The molecule has 2 aromatic heterocycles. The molecule has 8 nitrogen and oxygen atoms in total. The number of pyridine rings is 1. The predicted molar refractivity (Wildman–Crippen MR) is 149 cm³/mol. The number of halogens is 2. The van der Waals surface area contributed by atoms with Gasteiger partial charge in [-0.15, -0.1) is 5.10 Å². The molecule has 1 atom stereocenters. The van der Waals surface area contributed by atoms with Gasteiger partial charge in [-0.2, -0.15) is 9.41 Å². The molecule has 1 N–H and O–H groups in total. The second kappa shape index (κ2) is 10.9. The second-order valence-electron chi connectivity index (χ2n) is 9.75. The third kappa shape index (κ3) is 5.15. The molecule has 0 unspecified atom stereocenters. The predicted octanol–water partition coefficient (Wildman–Crippen LogP) is 6.07. The monoisotopic (exact) mass is 554 g/mol. The summed E-state index contributed by atoms with van der Waals surface area (Å²) in [5, 5.41) is 28.4. The van der Waals surface area contributed by atoms with Crippen molar-refractivity contribution >= 4 is 23.2 Å². The average molecular weight is 555 g/mol. The summed E-state index contributed by atoms with van der Waals surface area (Å²) in [5.41, 5.74) is 5.49. The van der Waals surface area contributed by atoms with Gasteiger partial charge < -0.3 is 10.5 Å². The normalized spacial score (nSPS) is 15.4. The van der Waals surface area contributed by atoms with Gasteiger partial charge in [0.2, 0.25) is 5.91 Å². The summed E-state index contributed by atoms with van der Waals surface area (Å²) in [6.07, 6.45) is 5.43. The number of hydrogen-bond acceptors (Lipinski definition) is 5. The van der Waals surface area contributed by atoms with Crippen LogP contribution in [0.5, 0.6) is 0 Å². The number of fused-ring (bicyclic) bond motifs is 4. The smallest absolute Gasteiger partial charge is 0.224 e. The summed E-state index contributed by atoms with van der Waals surface area (Å²) >= 11 is 6.30. The zero-order chi connectivity index (χ0) is 27.6. The van der Waals surface area contributed by atoms with E-state index < -0.39 is 5.82 Å². The highest BCUT2D eigenvalue weighted by Crippen LogP contribution is 2.36. The molecule has 0 spiro atoms. The van der Waals surface area contributed by atoms with Gasteiger partial charge in [-0.25, -0.2) is 4.39 Å². The Morgan fingerprint density at radius 3 is 2.73 bits per heavy atom. The molecular weight excluding hydrogens is 531 g/mol. The van der Waals surface area contributed by atoms with Crippen LogP contribution in [-0.4, -0.2) is 26.1 Å². The van der Waals surface area contributed by atoms with Crippen LogP contribution in [0, 0.1) is 11.0 Å². The highest BCUT2D eigenvalue weighted by molar-refractivity contribution is 6.31.